The van der Waals surface area contributed by atoms with Crippen LogP contribution < -0.4 is 26.8 Å². The van der Waals surface area contributed by atoms with E-state index in [-0.39, 0.29) is 22.8 Å². The molecule has 0 unspecified atom stereocenters. The molecular weight excluding hydrogens is 492 g/mol. The van der Waals surface area contributed by atoms with Crippen molar-refractivity contribution < 1.29 is 18.4 Å². The molecule has 0 fully saturated rings. The Bertz CT molecular complexity index is 1580. The van der Waals surface area contributed by atoms with Crippen LogP contribution in [0.25, 0.3) is 16.5 Å². The van der Waals surface area contributed by atoms with Crippen molar-refractivity contribution in [2.75, 3.05) is 22.7 Å². The zero-order valence-electron chi connectivity index (χ0n) is 20.9. The molecular formula is C27H25F2N7O2. The first-order chi connectivity index (χ1) is 18.1. The topological polar surface area (TPSA) is 130 Å². The fourth-order valence-electron chi connectivity index (χ4n) is 3.86. The number of urea groups is 1. The number of fused-ring (bicyclic) bond motifs is 1. The minimum atomic E-state index is -1.21. The minimum absolute atomic E-state index is 0.0210. The third kappa shape index (κ3) is 5.00. The summed E-state index contributed by atoms with van der Waals surface area (Å²) >= 11 is 0. The maximum atomic E-state index is 14.0. The van der Waals surface area contributed by atoms with Crippen molar-refractivity contribution in [1.82, 2.24) is 15.3 Å². The molecule has 0 atom stereocenters. The highest BCUT2D eigenvalue weighted by Crippen LogP contribution is 2.30. The molecule has 0 radical (unpaired) electrons. The van der Waals surface area contributed by atoms with Crippen LogP contribution in [0.1, 0.15) is 16.8 Å². The van der Waals surface area contributed by atoms with Gasteiger partial charge in [0.1, 0.15) is 5.70 Å². The molecule has 0 aliphatic heterocycles. The number of rotatable bonds is 6. The Balaban J connectivity index is 1.83. The number of nitrogens with two attached hydrogens (primary N) is 2. The number of hydrogen-bond donors (Lipinski definition) is 3. The number of hydrazine groups is 1. The van der Waals surface area contributed by atoms with E-state index >= 15 is 0 Å². The molecule has 5 N–H and O–H groups in total. The van der Waals surface area contributed by atoms with E-state index < -0.39 is 17.7 Å². The second-order valence-electron chi connectivity index (χ2n) is 8.57. The molecule has 9 nitrogen and oxygen atoms in total. The number of halogens is 2. The molecule has 0 aliphatic rings. The number of carbonyl (C=O) groups is 2. The number of nitrogens with zero attached hydrogens (tertiary/aromatic N) is 4. The van der Waals surface area contributed by atoms with Gasteiger partial charge in [-0.1, -0.05) is 24.3 Å². The van der Waals surface area contributed by atoms with E-state index in [0.717, 1.165) is 39.2 Å². The number of aldehydes is 1. The predicted molar refractivity (Wildman–Crippen MR) is 143 cm³/mol. The SMILES string of the molecule is Cc1cc(/C(NC(=O)N(C)c2cncc3ccccc23)=C(/C=O)N(N)c2cc(F)c(F)cc2N)cnc1C. The number of hydrogen-bond acceptors (Lipinski definition) is 7. The number of pyridine rings is 2. The first-order valence-electron chi connectivity index (χ1n) is 11.4. The zero-order chi connectivity index (χ0) is 27.6. The first-order valence-corrected chi connectivity index (χ1v) is 11.4. The van der Waals surface area contributed by atoms with E-state index in [4.69, 9.17) is 11.6 Å². The molecule has 4 rings (SSSR count). The molecule has 0 saturated heterocycles. The lowest BCUT2D eigenvalue weighted by Gasteiger charge is -2.26. The van der Waals surface area contributed by atoms with Gasteiger partial charge in [-0.2, -0.15) is 0 Å². The number of allylic oxidation sites excluding steroid dienone is 1. The van der Waals surface area contributed by atoms with Crippen LogP contribution in [-0.4, -0.2) is 29.3 Å². The van der Waals surface area contributed by atoms with E-state index in [9.17, 15) is 18.4 Å². The minimum Gasteiger partial charge on any atom is -0.397 e. The predicted octanol–water partition coefficient (Wildman–Crippen LogP) is 4.20. The largest absolute Gasteiger partial charge is 0.397 e. The second-order valence-corrected chi connectivity index (χ2v) is 8.57. The molecule has 2 aromatic heterocycles. The third-order valence-electron chi connectivity index (χ3n) is 6.13. The van der Waals surface area contributed by atoms with Crippen LogP contribution in [0, 0.1) is 25.5 Å². The summed E-state index contributed by atoms with van der Waals surface area (Å²) in [5, 5.41) is 5.12. The van der Waals surface area contributed by atoms with Crippen LogP contribution >= 0.6 is 0 Å². The van der Waals surface area contributed by atoms with E-state index in [0.29, 0.717) is 17.5 Å². The maximum absolute atomic E-state index is 14.0. The second kappa shape index (κ2) is 10.6. The van der Waals surface area contributed by atoms with Crippen LogP contribution in [0.2, 0.25) is 0 Å². The monoisotopic (exact) mass is 517 g/mol. The van der Waals surface area contributed by atoms with Crippen LogP contribution in [0.4, 0.5) is 30.6 Å². The van der Waals surface area contributed by atoms with Crippen molar-refractivity contribution >= 4 is 45.8 Å². The lowest BCUT2D eigenvalue weighted by atomic mass is 10.1. The van der Waals surface area contributed by atoms with E-state index in [2.05, 4.69) is 15.3 Å². The van der Waals surface area contributed by atoms with Crippen molar-refractivity contribution in [2.45, 2.75) is 13.8 Å². The fraction of sp³-hybridized carbons (Fsp3) is 0.111. The quantitative estimate of drug-likeness (QED) is 0.115. The average Bonchev–Trinajstić information content (AvgIpc) is 2.91. The number of nitrogens with one attached hydrogen (secondary N) is 1. The summed E-state index contributed by atoms with van der Waals surface area (Å²) in [6, 6.07) is 10.0. The van der Waals surface area contributed by atoms with Crippen LogP contribution in [0.15, 0.2) is 66.8 Å². The summed E-state index contributed by atoms with van der Waals surface area (Å²) < 4.78 is 27.7. The van der Waals surface area contributed by atoms with Crippen molar-refractivity contribution in [3.63, 3.8) is 0 Å². The van der Waals surface area contributed by atoms with Gasteiger partial charge >= 0.3 is 6.03 Å². The Hall–Kier alpha value is -4.90. The van der Waals surface area contributed by atoms with Crippen LogP contribution in [-0.2, 0) is 4.79 Å². The number of nitrogen functional groups attached to an aromatic ring is 1. The highest BCUT2D eigenvalue weighted by molar-refractivity contribution is 6.06. The number of anilines is 3. The number of aryl methyl sites for hydroxylation is 2. The summed E-state index contributed by atoms with van der Waals surface area (Å²) in [6.07, 6.45) is 5.06. The zero-order valence-corrected chi connectivity index (χ0v) is 20.9. The summed E-state index contributed by atoms with van der Waals surface area (Å²) in [5.41, 5.74) is 7.56. The average molecular weight is 518 g/mol. The molecule has 38 heavy (non-hydrogen) atoms. The molecule has 194 valence electrons. The molecule has 11 heteroatoms. The summed E-state index contributed by atoms with van der Waals surface area (Å²) in [4.78, 5) is 35.7. The van der Waals surface area contributed by atoms with Crippen molar-refractivity contribution in [3.8, 4) is 0 Å². The van der Waals surface area contributed by atoms with Gasteiger partial charge in [-0.15, -0.1) is 0 Å². The lowest BCUT2D eigenvalue weighted by molar-refractivity contribution is -0.104. The summed E-state index contributed by atoms with van der Waals surface area (Å²) in [7, 11) is 1.54. The van der Waals surface area contributed by atoms with Gasteiger partial charge in [0.05, 0.1) is 29.0 Å². The standard InChI is InChI=1S/C27H25F2N7O2/c1-15-8-18(12-33-16(15)2)26(25(14-37)36(31)23-10-21(29)20(28)9-22(23)30)34-27(38)35(3)24-13-32-11-17-6-4-5-7-19(17)24/h4-14H,30-31H2,1-3H3,(H,34,38)/b26-25+. The van der Waals surface area contributed by atoms with Crippen molar-refractivity contribution in [1.29, 1.82) is 0 Å². The Labute approximate surface area is 217 Å². The van der Waals surface area contributed by atoms with Gasteiger partial charge in [-0.05, 0) is 25.5 Å². The van der Waals surface area contributed by atoms with Gasteiger partial charge in [-0.3, -0.25) is 24.7 Å². The third-order valence-corrected chi connectivity index (χ3v) is 6.13. The number of aromatic nitrogens is 2. The van der Waals surface area contributed by atoms with Crippen LogP contribution in [0.5, 0.6) is 0 Å². The molecule has 0 aliphatic carbocycles. The fourth-order valence-corrected chi connectivity index (χ4v) is 3.86. The summed E-state index contributed by atoms with van der Waals surface area (Å²) in [6.45, 7) is 3.62. The van der Waals surface area contributed by atoms with Gasteiger partial charge < -0.3 is 11.1 Å². The molecule has 2 heterocycles. The van der Waals surface area contributed by atoms with Gasteiger partial charge in [0.25, 0.3) is 0 Å². The highest BCUT2D eigenvalue weighted by Gasteiger charge is 2.23. The lowest BCUT2D eigenvalue weighted by Crippen LogP contribution is -2.40. The first kappa shape index (κ1) is 26.2. The maximum Gasteiger partial charge on any atom is 0.326 e. The number of carbonyl (C=O) groups excluding carboxylic acids is 2. The molecule has 2 aromatic carbocycles. The van der Waals surface area contributed by atoms with Gasteiger partial charge in [0.2, 0.25) is 0 Å². The molecule has 2 amide bonds. The number of benzene rings is 2. The Morgan fingerprint density at radius 3 is 2.45 bits per heavy atom. The van der Waals surface area contributed by atoms with Crippen LogP contribution in [0.3, 0.4) is 0 Å². The Kier molecular flexibility index (Phi) is 7.31. The van der Waals surface area contributed by atoms with E-state index in [1.807, 2.05) is 31.2 Å². The van der Waals surface area contributed by atoms with Crippen molar-refractivity contribution in [2.24, 2.45) is 5.84 Å². The van der Waals surface area contributed by atoms with Gasteiger partial charge in [0, 0.05) is 53.6 Å². The molecule has 4 aromatic rings. The number of amides is 2. The summed E-state index contributed by atoms with van der Waals surface area (Å²) in [5.74, 6) is 3.81. The highest BCUT2D eigenvalue weighted by atomic mass is 19.2. The van der Waals surface area contributed by atoms with Gasteiger partial charge in [0.15, 0.2) is 17.9 Å². The van der Waals surface area contributed by atoms with E-state index in [1.165, 1.54) is 11.1 Å². The normalized spacial score (nSPS) is 11.6. The smallest absolute Gasteiger partial charge is 0.326 e. The molecule has 0 spiro atoms. The Morgan fingerprint density at radius 1 is 1.03 bits per heavy atom. The van der Waals surface area contributed by atoms with E-state index in [1.54, 1.807) is 32.4 Å². The Morgan fingerprint density at radius 2 is 1.74 bits per heavy atom. The molecule has 0 bridgehead atoms. The molecule has 0 saturated carbocycles. The van der Waals surface area contributed by atoms with Crippen molar-refractivity contribution in [3.05, 3.63) is 95.2 Å². The van der Waals surface area contributed by atoms with Gasteiger partial charge in [-0.25, -0.2) is 19.4 Å².